The number of thiazole rings is 1. The Morgan fingerprint density at radius 1 is 1.03 bits per heavy atom. The Kier molecular flexibility index (Phi) is 5.95. The van der Waals surface area contributed by atoms with Crippen molar-refractivity contribution in [1.29, 1.82) is 0 Å². The first kappa shape index (κ1) is 19.5. The molecule has 0 aliphatic rings. The lowest BCUT2D eigenvalue weighted by molar-refractivity contribution is -0.120. The minimum atomic E-state index is -0.269. The van der Waals surface area contributed by atoms with Crippen LogP contribution in [-0.4, -0.2) is 26.8 Å². The number of carbonyl (C=O) groups excluding carboxylic acids is 2. The van der Waals surface area contributed by atoms with Crippen molar-refractivity contribution >= 4 is 45.4 Å². The van der Waals surface area contributed by atoms with E-state index < -0.39 is 0 Å². The summed E-state index contributed by atoms with van der Waals surface area (Å²) in [4.78, 5) is 36.1. The number of amides is 2. The fraction of sp³-hybridized carbons (Fsp3) is 0.0909. The minimum Gasteiger partial charge on any atom is -0.349 e. The number of fused-ring (bicyclic) bond motifs is 1. The van der Waals surface area contributed by atoms with Crippen LogP contribution in [0.2, 0.25) is 0 Å². The van der Waals surface area contributed by atoms with Crippen LogP contribution in [0.25, 0.3) is 17.1 Å². The molecular formula is C22H19N5O2S. The molecule has 3 N–H and O–H groups in total. The fourth-order valence-electron chi connectivity index (χ4n) is 2.83. The first-order valence-corrected chi connectivity index (χ1v) is 10.2. The summed E-state index contributed by atoms with van der Waals surface area (Å²) in [5.41, 5.74) is 3.34. The second kappa shape index (κ2) is 9.15. The average Bonchev–Trinajstić information content (AvgIpc) is 3.37. The molecule has 0 bridgehead atoms. The Morgan fingerprint density at radius 3 is 2.67 bits per heavy atom. The highest BCUT2D eigenvalue weighted by atomic mass is 32.1. The predicted molar refractivity (Wildman–Crippen MR) is 118 cm³/mol. The zero-order valence-corrected chi connectivity index (χ0v) is 16.8. The van der Waals surface area contributed by atoms with Crippen LogP contribution in [0.4, 0.5) is 5.13 Å². The van der Waals surface area contributed by atoms with Gasteiger partial charge in [0.2, 0.25) is 11.8 Å². The van der Waals surface area contributed by atoms with Gasteiger partial charge in [-0.3, -0.25) is 14.9 Å². The average molecular weight is 417 g/mol. The van der Waals surface area contributed by atoms with Gasteiger partial charge in [-0.2, -0.15) is 0 Å². The van der Waals surface area contributed by atoms with E-state index in [0.29, 0.717) is 23.2 Å². The van der Waals surface area contributed by atoms with Gasteiger partial charge in [0.15, 0.2) is 5.13 Å². The Morgan fingerprint density at radius 2 is 1.83 bits per heavy atom. The van der Waals surface area contributed by atoms with Crippen LogP contribution in [0.15, 0.2) is 66.1 Å². The van der Waals surface area contributed by atoms with Crippen molar-refractivity contribution < 1.29 is 9.59 Å². The van der Waals surface area contributed by atoms with Crippen LogP contribution in [0.3, 0.4) is 0 Å². The topological polar surface area (TPSA) is 99.8 Å². The van der Waals surface area contributed by atoms with Crippen LogP contribution in [0, 0.1) is 0 Å². The van der Waals surface area contributed by atoms with Gasteiger partial charge in [0.1, 0.15) is 5.82 Å². The third-order valence-corrected chi connectivity index (χ3v) is 5.05. The molecule has 7 nitrogen and oxygen atoms in total. The molecule has 2 heterocycles. The number of anilines is 1. The van der Waals surface area contributed by atoms with Crippen molar-refractivity contribution in [2.45, 2.75) is 13.0 Å². The van der Waals surface area contributed by atoms with Crippen molar-refractivity contribution in [1.82, 2.24) is 20.3 Å². The number of imidazole rings is 1. The summed E-state index contributed by atoms with van der Waals surface area (Å²) in [6, 6.07) is 17.3. The third kappa shape index (κ3) is 5.18. The fourth-order valence-corrected chi connectivity index (χ4v) is 3.54. The molecule has 0 aliphatic carbocycles. The second-order valence-electron chi connectivity index (χ2n) is 6.53. The van der Waals surface area contributed by atoms with E-state index in [1.54, 1.807) is 11.5 Å². The number of aromatic amines is 1. The molecule has 0 atom stereocenters. The van der Waals surface area contributed by atoms with Crippen LogP contribution in [-0.2, 0) is 22.6 Å². The van der Waals surface area contributed by atoms with E-state index in [1.807, 2.05) is 54.6 Å². The molecule has 4 aromatic rings. The number of hydrogen-bond donors (Lipinski definition) is 3. The van der Waals surface area contributed by atoms with E-state index in [2.05, 4.69) is 25.6 Å². The third-order valence-electron chi connectivity index (χ3n) is 4.24. The lowest BCUT2D eigenvalue weighted by Crippen LogP contribution is -2.25. The molecular weight excluding hydrogens is 398 g/mol. The first-order valence-electron chi connectivity index (χ1n) is 9.34. The quantitative estimate of drug-likeness (QED) is 0.401. The lowest BCUT2D eigenvalue weighted by atomic mass is 10.2. The van der Waals surface area contributed by atoms with E-state index in [1.165, 1.54) is 17.4 Å². The van der Waals surface area contributed by atoms with E-state index in [9.17, 15) is 9.59 Å². The largest absolute Gasteiger partial charge is 0.349 e. The molecule has 4 rings (SSSR count). The summed E-state index contributed by atoms with van der Waals surface area (Å²) in [5, 5.41) is 7.76. The zero-order chi connectivity index (χ0) is 20.8. The van der Waals surface area contributed by atoms with Gasteiger partial charge in [-0.05, 0) is 23.8 Å². The van der Waals surface area contributed by atoms with E-state index in [-0.39, 0.29) is 18.2 Å². The van der Waals surface area contributed by atoms with Crippen molar-refractivity contribution in [2.75, 3.05) is 5.32 Å². The Hall–Kier alpha value is -3.78. The molecule has 2 aromatic heterocycles. The number of hydrogen-bond acceptors (Lipinski definition) is 5. The van der Waals surface area contributed by atoms with Crippen LogP contribution >= 0.6 is 11.3 Å². The van der Waals surface area contributed by atoms with Crippen LogP contribution in [0.5, 0.6) is 0 Å². The van der Waals surface area contributed by atoms with Crippen molar-refractivity contribution in [3.8, 4) is 0 Å². The van der Waals surface area contributed by atoms with Crippen LogP contribution < -0.4 is 10.6 Å². The van der Waals surface area contributed by atoms with E-state index >= 15 is 0 Å². The molecule has 0 unspecified atom stereocenters. The van der Waals surface area contributed by atoms with Gasteiger partial charge >= 0.3 is 0 Å². The van der Waals surface area contributed by atoms with Gasteiger partial charge in [0, 0.05) is 11.5 Å². The molecule has 0 aliphatic heterocycles. The Bertz CT molecular complexity index is 1160. The maximum atomic E-state index is 12.2. The molecule has 0 saturated carbocycles. The number of H-pyrrole nitrogens is 1. The highest BCUT2D eigenvalue weighted by Gasteiger charge is 2.10. The number of aromatic nitrogens is 3. The van der Waals surface area contributed by atoms with E-state index in [0.717, 1.165) is 16.6 Å². The maximum Gasteiger partial charge on any atom is 0.250 e. The highest BCUT2D eigenvalue weighted by Crippen LogP contribution is 2.16. The van der Waals surface area contributed by atoms with Crippen LogP contribution in [0.1, 0.15) is 17.1 Å². The Balaban J connectivity index is 1.26. The summed E-state index contributed by atoms with van der Waals surface area (Å²) < 4.78 is 0. The smallest absolute Gasteiger partial charge is 0.250 e. The minimum absolute atomic E-state index is 0.131. The van der Waals surface area contributed by atoms with Crippen molar-refractivity contribution in [3.63, 3.8) is 0 Å². The summed E-state index contributed by atoms with van der Waals surface area (Å²) in [6.07, 6.45) is 3.32. The lowest BCUT2D eigenvalue weighted by Gasteiger charge is -2.01. The number of benzene rings is 2. The molecule has 2 amide bonds. The van der Waals surface area contributed by atoms with E-state index in [4.69, 9.17) is 0 Å². The molecule has 150 valence electrons. The standard InChI is InChI=1S/C22H19N5O2S/c28-20(11-10-15-6-2-1-3-7-15)27-22-24-16(14-30-22)12-21(29)23-13-19-25-17-8-4-5-9-18(17)26-19/h1-11,14H,12-13H2,(H,23,29)(H,25,26)(H,24,27,28). The van der Waals surface area contributed by atoms with Gasteiger partial charge in [-0.15, -0.1) is 11.3 Å². The van der Waals surface area contributed by atoms with Crippen molar-refractivity contribution in [3.05, 3.63) is 83.1 Å². The molecule has 0 spiro atoms. The monoisotopic (exact) mass is 417 g/mol. The molecule has 0 saturated heterocycles. The number of rotatable bonds is 7. The number of nitrogens with zero attached hydrogens (tertiary/aromatic N) is 2. The normalized spacial score (nSPS) is 11.1. The molecule has 8 heteroatoms. The maximum absolute atomic E-state index is 12.2. The predicted octanol–water partition coefficient (Wildman–Crippen LogP) is 3.53. The molecule has 0 radical (unpaired) electrons. The summed E-state index contributed by atoms with van der Waals surface area (Å²) in [5.74, 6) is 0.262. The zero-order valence-electron chi connectivity index (χ0n) is 16.0. The number of nitrogens with one attached hydrogen (secondary N) is 3. The summed E-state index contributed by atoms with van der Waals surface area (Å²) in [7, 11) is 0. The van der Waals surface area contributed by atoms with Crippen molar-refractivity contribution in [2.24, 2.45) is 0 Å². The first-order chi connectivity index (χ1) is 14.7. The molecule has 0 fully saturated rings. The summed E-state index contributed by atoms with van der Waals surface area (Å²) in [6.45, 7) is 0.311. The second-order valence-corrected chi connectivity index (χ2v) is 7.39. The van der Waals surface area contributed by atoms with Gasteiger partial charge in [0.05, 0.1) is 29.7 Å². The molecule has 2 aromatic carbocycles. The number of carbonyl (C=O) groups is 2. The molecule has 30 heavy (non-hydrogen) atoms. The SMILES string of the molecule is O=C(C=Cc1ccccc1)Nc1nc(CC(=O)NCc2nc3ccccc3[nH]2)cs1. The highest BCUT2D eigenvalue weighted by molar-refractivity contribution is 7.14. The van der Waals surface area contributed by atoms with Gasteiger partial charge in [-0.1, -0.05) is 42.5 Å². The van der Waals surface area contributed by atoms with Gasteiger partial charge < -0.3 is 10.3 Å². The van der Waals surface area contributed by atoms with Gasteiger partial charge in [0.25, 0.3) is 0 Å². The summed E-state index contributed by atoms with van der Waals surface area (Å²) >= 11 is 1.28. The Labute approximate surface area is 176 Å². The number of para-hydroxylation sites is 2. The van der Waals surface area contributed by atoms with Gasteiger partial charge in [-0.25, -0.2) is 9.97 Å².